The van der Waals surface area contributed by atoms with Gasteiger partial charge in [-0.1, -0.05) is 6.92 Å². The second kappa shape index (κ2) is 5.89. The first-order valence-electron chi connectivity index (χ1n) is 6.00. The molecule has 2 rings (SSSR count). The average molecular weight is 293 g/mol. The third-order valence-corrected chi connectivity index (χ3v) is 4.04. The summed E-state index contributed by atoms with van der Waals surface area (Å²) in [7, 11) is -3.54. The molecule has 6 nitrogen and oxygen atoms in total. The Morgan fingerprint density at radius 2 is 2.15 bits per heavy atom. The maximum absolute atomic E-state index is 11.9. The van der Waals surface area contributed by atoms with Gasteiger partial charge in [0.15, 0.2) is 5.75 Å². The molecule has 0 spiro atoms. The molecule has 0 aliphatic heterocycles. The van der Waals surface area contributed by atoms with E-state index in [9.17, 15) is 8.42 Å². The van der Waals surface area contributed by atoms with Crippen LogP contribution in [0.5, 0.6) is 11.5 Å². The quantitative estimate of drug-likeness (QED) is 0.819. The molecule has 0 radical (unpaired) electrons. The van der Waals surface area contributed by atoms with Gasteiger partial charge >= 0.3 is 0 Å². The molecule has 0 saturated carbocycles. The van der Waals surface area contributed by atoms with Gasteiger partial charge in [-0.15, -0.1) is 0 Å². The maximum atomic E-state index is 11.9. The van der Waals surface area contributed by atoms with Gasteiger partial charge in [-0.2, -0.15) is 0 Å². The molecule has 0 fully saturated rings. The molecule has 2 aromatic rings. The van der Waals surface area contributed by atoms with Crippen molar-refractivity contribution in [3.05, 3.63) is 42.7 Å². The van der Waals surface area contributed by atoms with Crippen LogP contribution >= 0.6 is 0 Å². The second-order valence-corrected chi connectivity index (χ2v) is 5.76. The van der Waals surface area contributed by atoms with Crippen molar-refractivity contribution in [2.24, 2.45) is 0 Å². The Kier molecular flexibility index (Phi) is 4.21. The van der Waals surface area contributed by atoms with Crippen LogP contribution in [0.2, 0.25) is 0 Å². The van der Waals surface area contributed by atoms with Crippen LogP contribution in [0.1, 0.15) is 6.92 Å². The molecule has 1 aromatic carbocycles. The van der Waals surface area contributed by atoms with Crippen LogP contribution < -0.4 is 15.2 Å². The molecule has 0 aliphatic rings. The van der Waals surface area contributed by atoms with Crippen molar-refractivity contribution in [3.63, 3.8) is 0 Å². The summed E-state index contributed by atoms with van der Waals surface area (Å²) in [4.78, 5) is 4.02. The number of nitrogens with two attached hydrogens (primary N) is 1. The number of benzene rings is 1. The molecule has 7 heteroatoms. The number of anilines is 1. The van der Waals surface area contributed by atoms with Gasteiger partial charge in [0, 0.05) is 18.8 Å². The molecule has 0 saturated heterocycles. The van der Waals surface area contributed by atoms with Crippen LogP contribution in [0.4, 0.5) is 5.69 Å². The fourth-order valence-electron chi connectivity index (χ4n) is 1.58. The maximum Gasteiger partial charge on any atom is 0.240 e. The van der Waals surface area contributed by atoms with Crippen molar-refractivity contribution in [1.29, 1.82) is 0 Å². The highest BCUT2D eigenvalue weighted by Crippen LogP contribution is 2.29. The number of ether oxygens (including phenoxy) is 1. The molecule has 1 heterocycles. The number of hydrogen-bond donors (Lipinski definition) is 2. The number of sulfonamides is 1. The molecule has 1 aromatic heterocycles. The summed E-state index contributed by atoms with van der Waals surface area (Å²) >= 11 is 0. The van der Waals surface area contributed by atoms with Crippen molar-refractivity contribution < 1.29 is 13.2 Å². The molecule has 0 aliphatic carbocycles. The molecule has 0 atom stereocenters. The van der Waals surface area contributed by atoms with Crippen LogP contribution in [0.3, 0.4) is 0 Å². The highest BCUT2D eigenvalue weighted by molar-refractivity contribution is 7.89. The van der Waals surface area contributed by atoms with Gasteiger partial charge in [0.1, 0.15) is 5.75 Å². The van der Waals surface area contributed by atoms with Crippen molar-refractivity contribution in [1.82, 2.24) is 9.71 Å². The number of nitrogens with zero attached hydrogens (tertiary/aromatic N) is 1. The minimum Gasteiger partial charge on any atom is -0.454 e. The van der Waals surface area contributed by atoms with E-state index < -0.39 is 10.0 Å². The number of pyridine rings is 1. The number of nitrogens with one attached hydrogen (secondary N) is 1. The third-order valence-electron chi connectivity index (χ3n) is 2.49. The highest BCUT2D eigenvalue weighted by Gasteiger charge is 2.15. The van der Waals surface area contributed by atoms with Crippen LogP contribution in [0, 0.1) is 0 Å². The average Bonchev–Trinajstić information content (AvgIpc) is 2.42. The smallest absolute Gasteiger partial charge is 0.240 e. The number of nitrogen functional groups attached to an aromatic ring is 1. The SMILES string of the molecule is CCNS(=O)(=O)c1ccc(N)c(Oc2cccnc2)c1. The van der Waals surface area contributed by atoms with E-state index >= 15 is 0 Å². The van der Waals surface area contributed by atoms with E-state index in [1.165, 1.54) is 24.4 Å². The minimum absolute atomic E-state index is 0.104. The molecular weight excluding hydrogens is 278 g/mol. The molecule has 0 bridgehead atoms. The van der Waals surface area contributed by atoms with Gasteiger partial charge in [0.25, 0.3) is 0 Å². The summed E-state index contributed by atoms with van der Waals surface area (Å²) in [5.41, 5.74) is 6.15. The van der Waals surface area contributed by atoms with Crippen LogP contribution in [0.25, 0.3) is 0 Å². The molecule has 20 heavy (non-hydrogen) atoms. The standard InChI is InChI=1S/C13H15N3O3S/c1-2-16-20(17,18)11-5-6-12(14)13(8-11)19-10-4-3-7-15-9-10/h3-9,16H,2,14H2,1H3. The predicted octanol–water partition coefficient (Wildman–Crippen LogP) is 1.75. The van der Waals surface area contributed by atoms with E-state index in [1.54, 1.807) is 25.3 Å². The Balaban J connectivity index is 2.35. The Morgan fingerprint density at radius 1 is 1.35 bits per heavy atom. The Bertz CT molecular complexity index is 687. The fourth-order valence-corrected chi connectivity index (χ4v) is 2.63. The van der Waals surface area contributed by atoms with Crippen LogP contribution in [0.15, 0.2) is 47.6 Å². The lowest BCUT2D eigenvalue weighted by atomic mass is 10.3. The summed E-state index contributed by atoms with van der Waals surface area (Å²) in [5.74, 6) is 0.758. The molecule has 106 valence electrons. The van der Waals surface area contributed by atoms with Crippen LogP contribution in [-0.4, -0.2) is 19.9 Å². The van der Waals surface area contributed by atoms with Crippen molar-refractivity contribution >= 4 is 15.7 Å². The lowest BCUT2D eigenvalue weighted by Crippen LogP contribution is -2.23. The number of hydrogen-bond acceptors (Lipinski definition) is 5. The first kappa shape index (κ1) is 14.3. The lowest BCUT2D eigenvalue weighted by molar-refractivity contribution is 0.480. The summed E-state index contributed by atoms with van der Waals surface area (Å²) in [6, 6.07) is 7.74. The Morgan fingerprint density at radius 3 is 2.80 bits per heavy atom. The van der Waals surface area contributed by atoms with Crippen molar-refractivity contribution in [3.8, 4) is 11.5 Å². The van der Waals surface area contributed by atoms with Gasteiger partial charge in [-0.05, 0) is 24.3 Å². The van der Waals surface area contributed by atoms with E-state index in [4.69, 9.17) is 10.5 Å². The normalized spacial score (nSPS) is 11.2. The molecular formula is C13H15N3O3S. The van der Waals surface area contributed by atoms with Gasteiger partial charge < -0.3 is 10.5 Å². The lowest BCUT2D eigenvalue weighted by Gasteiger charge is -2.10. The summed E-state index contributed by atoms with van der Waals surface area (Å²) in [6.07, 6.45) is 3.13. The zero-order valence-corrected chi connectivity index (χ0v) is 11.7. The zero-order chi connectivity index (χ0) is 14.6. The van der Waals surface area contributed by atoms with Gasteiger partial charge in [-0.25, -0.2) is 13.1 Å². The van der Waals surface area contributed by atoms with Crippen molar-refractivity contribution in [2.75, 3.05) is 12.3 Å². The predicted molar refractivity (Wildman–Crippen MR) is 76.0 cm³/mol. The summed E-state index contributed by atoms with van der Waals surface area (Å²) < 4.78 is 31.8. The van der Waals surface area contributed by atoms with Crippen LogP contribution in [-0.2, 0) is 10.0 Å². The number of rotatable bonds is 5. The van der Waals surface area contributed by atoms with E-state index in [1.807, 2.05) is 0 Å². The molecule has 3 N–H and O–H groups in total. The first-order chi connectivity index (χ1) is 9.53. The van der Waals surface area contributed by atoms with E-state index in [0.29, 0.717) is 18.0 Å². The van der Waals surface area contributed by atoms with Gasteiger partial charge in [-0.3, -0.25) is 4.98 Å². The van der Waals surface area contributed by atoms with Crippen molar-refractivity contribution in [2.45, 2.75) is 11.8 Å². The highest BCUT2D eigenvalue weighted by atomic mass is 32.2. The second-order valence-electron chi connectivity index (χ2n) is 3.99. The minimum atomic E-state index is -3.54. The Hall–Kier alpha value is -2.12. The van der Waals surface area contributed by atoms with Gasteiger partial charge in [0.05, 0.1) is 16.8 Å². The zero-order valence-electron chi connectivity index (χ0n) is 10.9. The number of aromatic nitrogens is 1. The Labute approximate surface area is 117 Å². The monoisotopic (exact) mass is 293 g/mol. The first-order valence-corrected chi connectivity index (χ1v) is 7.48. The summed E-state index contributed by atoms with van der Waals surface area (Å²) in [6.45, 7) is 2.02. The summed E-state index contributed by atoms with van der Waals surface area (Å²) in [5, 5.41) is 0. The van der Waals surface area contributed by atoms with E-state index in [0.717, 1.165) is 0 Å². The van der Waals surface area contributed by atoms with Gasteiger partial charge in [0.2, 0.25) is 10.0 Å². The molecule has 0 unspecified atom stereocenters. The van der Waals surface area contributed by atoms with E-state index in [2.05, 4.69) is 9.71 Å². The topological polar surface area (TPSA) is 94.3 Å². The third kappa shape index (κ3) is 3.25. The largest absolute Gasteiger partial charge is 0.454 e. The molecule has 0 amide bonds. The van der Waals surface area contributed by atoms with E-state index in [-0.39, 0.29) is 10.6 Å². The fraction of sp³-hybridized carbons (Fsp3) is 0.154.